The molecule has 33 heavy (non-hydrogen) atoms. The van der Waals surface area contributed by atoms with Gasteiger partial charge in [0, 0.05) is 54.9 Å². The van der Waals surface area contributed by atoms with E-state index in [9.17, 15) is 9.90 Å². The summed E-state index contributed by atoms with van der Waals surface area (Å²) in [4.78, 5) is 25.5. The Labute approximate surface area is 194 Å². The molecule has 1 atom stereocenters. The molecule has 0 saturated carbocycles. The van der Waals surface area contributed by atoms with E-state index in [2.05, 4.69) is 14.9 Å². The minimum absolute atomic E-state index is 0.134. The first kappa shape index (κ1) is 22.9. The quantitative estimate of drug-likeness (QED) is 0.509. The van der Waals surface area contributed by atoms with Crippen LogP contribution in [-0.4, -0.2) is 71.3 Å². The fourth-order valence-electron chi connectivity index (χ4n) is 4.33. The van der Waals surface area contributed by atoms with Gasteiger partial charge in [0.2, 0.25) is 0 Å². The van der Waals surface area contributed by atoms with Crippen LogP contribution in [0.3, 0.4) is 0 Å². The zero-order valence-electron chi connectivity index (χ0n) is 19.2. The van der Waals surface area contributed by atoms with Crippen molar-refractivity contribution in [2.45, 2.75) is 25.4 Å². The molecule has 3 aromatic rings. The minimum atomic E-state index is -0.999. The van der Waals surface area contributed by atoms with Crippen molar-refractivity contribution >= 4 is 22.5 Å². The summed E-state index contributed by atoms with van der Waals surface area (Å²) in [5, 5.41) is 12.3. The number of β-amino-alcohol motifs (C(OH)–C–C–N with tert-alkyl or cyclic N) is 1. The molecule has 3 heterocycles. The van der Waals surface area contributed by atoms with E-state index in [0.29, 0.717) is 44.0 Å². The predicted molar refractivity (Wildman–Crippen MR) is 129 cm³/mol. The number of anilines is 1. The molecule has 1 aromatic carbocycles. The Bertz CT molecular complexity index is 1120. The predicted octanol–water partition coefficient (Wildman–Crippen LogP) is 2.38. The van der Waals surface area contributed by atoms with Crippen molar-refractivity contribution in [1.29, 1.82) is 0 Å². The van der Waals surface area contributed by atoms with Crippen LogP contribution in [0.2, 0.25) is 0 Å². The highest BCUT2D eigenvalue weighted by Crippen LogP contribution is 2.32. The molecule has 1 aliphatic heterocycles. The Kier molecular flexibility index (Phi) is 6.76. The summed E-state index contributed by atoms with van der Waals surface area (Å²) in [6.45, 7) is 4.47. The number of rotatable bonds is 8. The number of pyridine rings is 2. The molecule has 1 saturated heterocycles. The van der Waals surface area contributed by atoms with Crippen molar-refractivity contribution in [3.05, 3.63) is 60.0 Å². The maximum absolute atomic E-state index is 12.9. The van der Waals surface area contributed by atoms with E-state index in [0.717, 1.165) is 28.7 Å². The van der Waals surface area contributed by atoms with Gasteiger partial charge in [-0.05, 0) is 62.7 Å². The number of ether oxygens (including phenoxy) is 1. The average molecular weight is 450 g/mol. The highest BCUT2D eigenvalue weighted by atomic mass is 16.5. The monoisotopic (exact) mass is 449 g/mol. The highest BCUT2D eigenvalue weighted by molar-refractivity contribution is 5.94. The number of carbonyl (C=O) groups excluding carboxylic acids is 1. The number of aryl methyl sites for hydroxylation is 1. The van der Waals surface area contributed by atoms with Crippen LogP contribution in [0.5, 0.6) is 5.75 Å². The minimum Gasteiger partial charge on any atom is -0.494 e. The number of hydrogen-bond acceptors (Lipinski definition) is 7. The van der Waals surface area contributed by atoms with Crippen molar-refractivity contribution in [1.82, 2.24) is 14.9 Å². The van der Waals surface area contributed by atoms with Crippen LogP contribution in [0.25, 0.3) is 10.9 Å². The number of likely N-dealkylation sites (N-methyl/N-ethyl adjacent to an activating group) is 1. The van der Waals surface area contributed by atoms with Crippen LogP contribution in [-0.2, 0) is 0 Å². The number of aromatic nitrogens is 2. The molecule has 174 valence electrons. The summed E-state index contributed by atoms with van der Waals surface area (Å²) >= 11 is 0. The standard InChI is InChI=1S/C25H31N5O3/c1-18-14-23(21-15-27-11-8-22(21)28-18)30-12-9-25(32,17-30)16-29(2)24(31)19-4-6-20(7-5-19)33-13-3-10-26/h4-8,11,14-15,32H,3,9-10,12-13,16-17,26H2,1-2H3/t25-/m1/s1. The van der Waals surface area contributed by atoms with Gasteiger partial charge in [-0.1, -0.05) is 0 Å². The number of hydrogen-bond donors (Lipinski definition) is 2. The SMILES string of the molecule is Cc1cc(N2CC[C@@](O)(CN(C)C(=O)c3ccc(OCCCN)cc3)C2)c2cnccc2n1. The third kappa shape index (κ3) is 5.23. The number of aliphatic hydroxyl groups is 1. The van der Waals surface area contributed by atoms with E-state index in [1.54, 1.807) is 42.4 Å². The largest absolute Gasteiger partial charge is 0.494 e. The van der Waals surface area contributed by atoms with Gasteiger partial charge in [-0.25, -0.2) is 0 Å². The first-order valence-electron chi connectivity index (χ1n) is 11.3. The summed E-state index contributed by atoms with van der Waals surface area (Å²) in [5.41, 5.74) is 7.86. The maximum atomic E-state index is 12.9. The zero-order valence-corrected chi connectivity index (χ0v) is 19.2. The second-order valence-corrected chi connectivity index (χ2v) is 8.75. The Morgan fingerprint density at radius 2 is 2.09 bits per heavy atom. The molecule has 8 nitrogen and oxygen atoms in total. The molecule has 3 N–H and O–H groups in total. The lowest BCUT2D eigenvalue weighted by atomic mass is 10.0. The van der Waals surface area contributed by atoms with E-state index < -0.39 is 5.60 Å². The van der Waals surface area contributed by atoms with Crippen molar-refractivity contribution in [2.24, 2.45) is 5.73 Å². The Morgan fingerprint density at radius 3 is 2.85 bits per heavy atom. The van der Waals surface area contributed by atoms with Gasteiger partial charge in [0.15, 0.2) is 0 Å². The van der Waals surface area contributed by atoms with Crippen LogP contribution < -0.4 is 15.4 Å². The smallest absolute Gasteiger partial charge is 0.253 e. The summed E-state index contributed by atoms with van der Waals surface area (Å²) < 4.78 is 5.60. The molecule has 1 amide bonds. The van der Waals surface area contributed by atoms with Gasteiger partial charge in [0.05, 0.1) is 18.7 Å². The lowest BCUT2D eigenvalue weighted by molar-refractivity contribution is 0.0264. The number of carbonyl (C=O) groups is 1. The fourth-order valence-corrected chi connectivity index (χ4v) is 4.33. The lowest BCUT2D eigenvalue weighted by Gasteiger charge is -2.29. The molecule has 0 unspecified atom stereocenters. The average Bonchev–Trinajstić information content (AvgIpc) is 3.20. The Balaban J connectivity index is 1.42. The van der Waals surface area contributed by atoms with Gasteiger partial charge < -0.3 is 25.4 Å². The second-order valence-electron chi connectivity index (χ2n) is 8.75. The van der Waals surface area contributed by atoms with Gasteiger partial charge in [-0.2, -0.15) is 0 Å². The van der Waals surface area contributed by atoms with Crippen LogP contribution in [0, 0.1) is 6.92 Å². The first-order valence-corrected chi connectivity index (χ1v) is 11.3. The zero-order chi connectivity index (χ0) is 23.4. The highest BCUT2D eigenvalue weighted by Gasteiger charge is 2.38. The Hall–Kier alpha value is -3.23. The van der Waals surface area contributed by atoms with Gasteiger partial charge in [0.25, 0.3) is 5.91 Å². The van der Waals surface area contributed by atoms with Crippen LogP contribution in [0.15, 0.2) is 48.8 Å². The topological polar surface area (TPSA) is 105 Å². The molecule has 0 spiro atoms. The van der Waals surface area contributed by atoms with E-state index in [1.807, 2.05) is 25.3 Å². The number of nitrogens with zero attached hydrogens (tertiary/aromatic N) is 4. The summed E-state index contributed by atoms with van der Waals surface area (Å²) in [6, 6.07) is 11.0. The molecular formula is C25H31N5O3. The number of benzene rings is 1. The molecule has 2 aromatic heterocycles. The number of amides is 1. The lowest BCUT2D eigenvalue weighted by Crippen LogP contribution is -2.45. The van der Waals surface area contributed by atoms with Gasteiger partial charge >= 0.3 is 0 Å². The molecule has 1 aliphatic rings. The molecular weight excluding hydrogens is 418 g/mol. The van der Waals surface area contributed by atoms with E-state index in [4.69, 9.17) is 10.5 Å². The van der Waals surface area contributed by atoms with Gasteiger partial charge in [-0.3, -0.25) is 14.8 Å². The first-order chi connectivity index (χ1) is 15.9. The molecule has 0 aliphatic carbocycles. The van der Waals surface area contributed by atoms with Crippen molar-refractivity contribution in [3.63, 3.8) is 0 Å². The van der Waals surface area contributed by atoms with Crippen molar-refractivity contribution in [3.8, 4) is 5.75 Å². The summed E-state index contributed by atoms with van der Waals surface area (Å²) in [6.07, 6.45) is 4.90. The van der Waals surface area contributed by atoms with Crippen molar-refractivity contribution < 1.29 is 14.6 Å². The van der Waals surface area contributed by atoms with E-state index >= 15 is 0 Å². The number of fused-ring (bicyclic) bond motifs is 1. The molecule has 0 bridgehead atoms. The molecule has 1 fully saturated rings. The normalized spacial score (nSPS) is 18.0. The van der Waals surface area contributed by atoms with E-state index in [1.165, 1.54) is 0 Å². The van der Waals surface area contributed by atoms with Gasteiger partial charge in [-0.15, -0.1) is 0 Å². The van der Waals surface area contributed by atoms with Crippen LogP contribution in [0.1, 0.15) is 28.9 Å². The third-order valence-corrected chi connectivity index (χ3v) is 5.99. The fraction of sp³-hybridized carbons (Fsp3) is 0.400. The van der Waals surface area contributed by atoms with Crippen LogP contribution >= 0.6 is 0 Å². The molecule has 0 radical (unpaired) electrons. The number of nitrogens with two attached hydrogens (primary N) is 1. The van der Waals surface area contributed by atoms with Gasteiger partial charge in [0.1, 0.15) is 11.4 Å². The van der Waals surface area contributed by atoms with Crippen LogP contribution in [0.4, 0.5) is 5.69 Å². The molecule has 4 rings (SSSR count). The van der Waals surface area contributed by atoms with E-state index in [-0.39, 0.29) is 12.5 Å². The second kappa shape index (κ2) is 9.72. The Morgan fingerprint density at radius 1 is 1.30 bits per heavy atom. The van der Waals surface area contributed by atoms with Crippen molar-refractivity contribution in [2.75, 3.05) is 44.7 Å². The molecule has 8 heteroatoms. The maximum Gasteiger partial charge on any atom is 0.253 e. The summed E-state index contributed by atoms with van der Waals surface area (Å²) in [7, 11) is 1.73. The third-order valence-electron chi connectivity index (χ3n) is 5.99. The summed E-state index contributed by atoms with van der Waals surface area (Å²) in [5.74, 6) is 0.576.